The Balaban J connectivity index is 1.53. The van der Waals surface area contributed by atoms with E-state index in [1.54, 1.807) is 19.9 Å². The number of fused-ring (bicyclic) bond motifs is 5. The minimum Gasteiger partial charge on any atom is -0.447 e. The number of hydrogen-bond acceptors (Lipinski definition) is 7. The van der Waals surface area contributed by atoms with Crippen LogP contribution in [0, 0.1) is 28.6 Å². The predicted octanol–water partition coefficient (Wildman–Crippen LogP) is 3.44. The molecule has 0 saturated heterocycles. The van der Waals surface area contributed by atoms with E-state index in [1.165, 1.54) is 43.3 Å². The number of primary sulfonamides is 1. The second-order valence-electron chi connectivity index (χ2n) is 12.2. The smallest absolute Gasteiger partial charge is 0.339 e. The monoisotopic (exact) mass is 559 g/mol. The lowest BCUT2D eigenvalue weighted by Gasteiger charge is -2.63. The summed E-state index contributed by atoms with van der Waals surface area (Å²) in [6, 6.07) is 4.90. The number of hydrogen-bond donors (Lipinski definition) is 2. The summed E-state index contributed by atoms with van der Waals surface area (Å²) in [7, 11) is -3.96. The summed E-state index contributed by atoms with van der Waals surface area (Å²) < 4.78 is 46.6. The third kappa shape index (κ3) is 3.67. The van der Waals surface area contributed by atoms with Gasteiger partial charge in [-0.25, -0.2) is 22.7 Å². The lowest BCUT2D eigenvalue weighted by atomic mass is 9.43. The van der Waals surface area contributed by atoms with Crippen LogP contribution in [0.5, 0.6) is 0 Å². The van der Waals surface area contributed by atoms with Crippen LogP contribution in [0.1, 0.15) is 63.7 Å². The maximum atomic E-state index is 17.4. The highest BCUT2D eigenvalue weighted by molar-refractivity contribution is 7.89. The number of alkyl halides is 1. The first-order valence-corrected chi connectivity index (χ1v) is 14.8. The third-order valence-electron chi connectivity index (χ3n) is 10.3. The largest absolute Gasteiger partial charge is 0.447 e. The number of esters is 1. The molecule has 0 unspecified atom stereocenters. The molecule has 39 heavy (non-hydrogen) atoms. The van der Waals surface area contributed by atoms with Gasteiger partial charge in [0.2, 0.25) is 10.0 Å². The van der Waals surface area contributed by atoms with Gasteiger partial charge in [-0.1, -0.05) is 25.5 Å². The van der Waals surface area contributed by atoms with Gasteiger partial charge in [-0.05, 0) is 87.8 Å². The number of halogens is 1. The number of nitrogens with two attached hydrogens (primary N) is 1. The fourth-order valence-corrected chi connectivity index (χ4v) is 8.92. The highest BCUT2D eigenvalue weighted by Gasteiger charge is 2.75. The van der Waals surface area contributed by atoms with Crippen LogP contribution < -0.4 is 5.14 Å². The number of ketones is 2. The molecule has 5 rings (SSSR count). The van der Waals surface area contributed by atoms with Gasteiger partial charge >= 0.3 is 5.97 Å². The van der Waals surface area contributed by atoms with E-state index >= 15 is 4.39 Å². The quantitative estimate of drug-likeness (QED) is 0.539. The van der Waals surface area contributed by atoms with Crippen LogP contribution >= 0.6 is 0 Å². The Morgan fingerprint density at radius 2 is 1.79 bits per heavy atom. The van der Waals surface area contributed by atoms with Gasteiger partial charge < -0.3 is 9.84 Å². The number of benzene rings is 1. The molecular weight excluding hydrogens is 525 g/mol. The van der Waals surface area contributed by atoms with Gasteiger partial charge in [-0.15, -0.1) is 0 Å². The molecule has 0 spiro atoms. The molecule has 4 aliphatic rings. The lowest BCUT2D eigenvalue weighted by molar-refractivity contribution is -0.220. The molecule has 1 aromatic carbocycles. The second-order valence-corrected chi connectivity index (χ2v) is 13.7. The fourth-order valence-electron chi connectivity index (χ4n) is 8.40. The van der Waals surface area contributed by atoms with Crippen LogP contribution in [0.4, 0.5) is 4.39 Å². The maximum absolute atomic E-state index is 17.4. The summed E-state index contributed by atoms with van der Waals surface area (Å²) >= 11 is 0. The van der Waals surface area contributed by atoms with Gasteiger partial charge in [0, 0.05) is 16.7 Å². The van der Waals surface area contributed by atoms with Crippen molar-refractivity contribution in [1.29, 1.82) is 0 Å². The van der Waals surface area contributed by atoms with E-state index < -0.39 is 50.1 Å². The summed E-state index contributed by atoms with van der Waals surface area (Å²) in [5.41, 5.74) is -5.21. The van der Waals surface area contributed by atoms with Gasteiger partial charge in [-0.2, -0.15) is 0 Å². The number of aliphatic hydroxyl groups is 1. The van der Waals surface area contributed by atoms with E-state index in [1.807, 2.05) is 6.92 Å². The van der Waals surface area contributed by atoms with Crippen molar-refractivity contribution in [2.75, 3.05) is 0 Å². The van der Waals surface area contributed by atoms with Crippen LogP contribution in [0.3, 0.4) is 0 Å². The van der Waals surface area contributed by atoms with E-state index in [9.17, 15) is 27.9 Å². The molecule has 210 valence electrons. The summed E-state index contributed by atoms with van der Waals surface area (Å²) in [6.45, 7) is 6.82. The number of Topliss-reactive ketones (excluding diaryl/α,β-unsaturated/α-hetero) is 1. The van der Waals surface area contributed by atoms with Crippen molar-refractivity contribution in [1.82, 2.24) is 0 Å². The molecule has 3 fully saturated rings. The molecule has 0 amide bonds. The number of sulfonamides is 1. The van der Waals surface area contributed by atoms with Gasteiger partial charge in [0.25, 0.3) is 0 Å². The Hall–Kier alpha value is -2.69. The number of allylic oxidation sites excluding steroid dienone is 4. The first-order chi connectivity index (χ1) is 18.0. The molecule has 8 nitrogen and oxygen atoms in total. The van der Waals surface area contributed by atoms with Gasteiger partial charge in [0.05, 0.1) is 16.6 Å². The zero-order valence-electron chi connectivity index (χ0n) is 22.4. The average molecular weight is 560 g/mol. The third-order valence-corrected chi connectivity index (χ3v) is 11.3. The predicted molar refractivity (Wildman–Crippen MR) is 140 cm³/mol. The first kappa shape index (κ1) is 27.9. The molecule has 0 radical (unpaired) electrons. The molecule has 1 aromatic rings. The molecule has 0 aromatic heterocycles. The average Bonchev–Trinajstić information content (AvgIpc) is 3.14. The van der Waals surface area contributed by atoms with Crippen molar-refractivity contribution >= 4 is 27.6 Å². The number of ether oxygens (including phenoxy) is 1. The number of aliphatic hydroxyl groups excluding tert-OH is 1. The Labute approximate surface area is 227 Å². The number of rotatable bonds is 4. The van der Waals surface area contributed by atoms with E-state index in [4.69, 9.17) is 9.88 Å². The number of carbonyl (C=O) groups is 3. The molecule has 8 atom stereocenters. The van der Waals surface area contributed by atoms with Gasteiger partial charge in [-0.3, -0.25) is 9.59 Å². The van der Waals surface area contributed by atoms with Crippen molar-refractivity contribution in [3.05, 3.63) is 53.6 Å². The highest BCUT2D eigenvalue weighted by atomic mass is 32.2. The minimum atomic E-state index is -3.96. The van der Waals surface area contributed by atoms with Crippen molar-refractivity contribution in [3.8, 4) is 0 Å². The molecule has 0 heterocycles. The Morgan fingerprint density at radius 3 is 2.38 bits per heavy atom. The van der Waals surface area contributed by atoms with E-state index in [0.29, 0.717) is 18.4 Å². The first-order valence-electron chi connectivity index (χ1n) is 13.2. The molecular formula is C29H34FNO7S. The van der Waals surface area contributed by atoms with Crippen molar-refractivity contribution in [2.24, 2.45) is 33.7 Å². The van der Waals surface area contributed by atoms with Crippen LogP contribution in [0.25, 0.3) is 0 Å². The Kier molecular flexibility index (Phi) is 6.18. The molecule has 4 aliphatic carbocycles. The Bertz CT molecular complexity index is 1440. The standard InChI is InChI=1S/C29H34FNO7S/c1-16-13-23-21-10-12-28(17(2)32,38-25(35)18-5-7-20(8-6-18)39(31,36)37)27(21,4)15-24(34)29(23,30)26(3)11-9-19(33)14-22(16)26/h5-9,11,14,16,21,23-24,34H,10,12-13,15H2,1-4H3,(H2,31,36,37)/t16-,21-,23-,24-,26-,27-,28-,29-/m0/s1. The maximum Gasteiger partial charge on any atom is 0.339 e. The van der Waals surface area contributed by atoms with E-state index in [0.717, 1.165) is 0 Å². The Morgan fingerprint density at radius 1 is 1.15 bits per heavy atom. The van der Waals surface area contributed by atoms with Crippen molar-refractivity contribution in [3.63, 3.8) is 0 Å². The van der Waals surface area contributed by atoms with Crippen molar-refractivity contribution < 1.29 is 37.0 Å². The lowest BCUT2D eigenvalue weighted by Crippen LogP contribution is -2.70. The second kappa shape index (κ2) is 8.65. The molecule has 0 aliphatic heterocycles. The molecule has 3 N–H and O–H groups in total. The molecule has 10 heteroatoms. The van der Waals surface area contributed by atoms with E-state index in [2.05, 4.69) is 0 Å². The van der Waals surface area contributed by atoms with Gasteiger partial charge in [0.1, 0.15) is 0 Å². The summed E-state index contributed by atoms with van der Waals surface area (Å²) in [4.78, 5) is 38.6. The zero-order chi connectivity index (χ0) is 28.8. The summed E-state index contributed by atoms with van der Waals surface area (Å²) in [6.07, 6.45) is 3.81. The van der Waals surface area contributed by atoms with Crippen LogP contribution in [0.15, 0.2) is 53.0 Å². The SMILES string of the molecule is CC(=O)[C@@]1(OC(=O)c2ccc(S(N)(=O)=O)cc2)CC[C@H]2[C@@H]3C[C@H](C)C4=CC(=O)C=C[C@]4(C)[C@@]3(F)[C@@H](O)C[C@@]21C. The fraction of sp³-hybridized carbons (Fsp3) is 0.552. The van der Waals surface area contributed by atoms with Crippen LogP contribution in [0.2, 0.25) is 0 Å². The van der Waals surface area contributed by atoms with Crippen LogP contribution in [-0.2, 0) is 24.3 Å². The van der Waals surface area contributed by atoms with Crippen molar-refractivity contribution in [2.45, 2.75) is 75.6 Å². The zero-order valence-corrected chi connectivity index (χ0v) is 23.3. The van der Waals surface area contributed by atoms with E-state index in [-0.39, 0.29) is 46.7 Å². The summed E-state index contributed by atoms with van der Waals surface area (Å²) in [5, 5.41) is 16.7. The van der Waals surface area contributed by atoms with Gasteiger partial charge in [0.15, 0.2) is 22.8 Å². The minimum absolute atomic E-state index is 0.0388. The normalized spacial score (nSPS) is 41.2. The molecule has 0 bridgehead atoms. The molecule has 3 saturated carbocycles. The topological polar surface area (TPSA) is 141 Å². The number of carbonyl (C=O) groups excluding carboxylic acids is 3. The van der Waals surface area contributed by atoms with Crippen LogP contribution in [-0.4, -0.2) is 48.4 Å². The highest BCUT2D eigenvalue weighted by Crippen LogP contribution is 2.71. The summed E-state index contributed by atoms with van der Waals surface area (Å²) in [5.74, 6) is -2.55.